The van der Waals surface area contributed by atoms with E-state index < -0.39 is 0 Å². The van der Waals surface area contributed by atoms with Crippen LogP contribution in [0.4, 0.5) is 0 Å². The number of halogens is 2. The third-order valence-electron chi connectivity index (χ3n) is 4.00. The monoisotopic (exact) mass is 410 g/mol. The topological polar surface area (TPSA) is 0 Å². The van der Waals surface area contributed by atoms with Crippen LogP contribution in [0.5, 0.6) is 0 Å². The fourth-order valence-electron chi connectivity index (χ4n) is 2.47. The SMILES string of the molecule is CC1=[C-]C(C)C(C)=C1C.Cc1cc2ccccc2[cH-]1.[Cl-].[Cl-].[Zr+4]. The molecule has 1 atom stereocenters. The van der Waals surface area contributed by atoms with Crippen molar-refractivity contribution >= 4 is 10.8 Å². The van der Waals surface area contributed by atoms with E-state index in [0.717, 1.165) is 0 Å². The Labute approximate surface area is 166 Å². The van der Waals surface area contributed by atoms with Crippen LogP contribution in [0, 0.1) is 18.9 Å². The zero-order chi connectivity index (χ0) is 14.0. The van der Waals surface area contributed by atoms with Crippen molar-refractivity contribution in [2.75, 3.05) is 0 Å². The van der Waals surface area contributed by atoms with Crippen LogP contribution in [-0.4, -0.2) is 0 Å². The number of aryl methyl sites for hydroxylation is 1. The second kappa shape index (κ2) is 10.5. The minimum atomic E-state index is 0. The minimum Gasteiger partial charge on any atom is -1.00 e. The van der Waals surface area contributed by atoms with Crippen LogP contribution < -0.4 is 24.8 Å². The first-order valence-electron chi connectivity index (χ1n) is 6.89. The van der Waals surface area contributed by atoms with Crippen LogP contribution in [0.25, 0.3) is 10.8 Å². The largest absolute Gasteiger partial charge is 4.00 e. The third kappa shape index (κ3) is 5.76. The molecule has 0 radical (unpaired) electrons. The van der Waals surface area contributed by atoms with E-state index in [2.05, 4.69) is 77.1 Å². The Morgan fingerprint density at radius 3 is 2.00 bits per heavy atom. The summed E-state index contributed by atoms with van der Waals surface area (Å²) in [6.07, 6.45) is 3.36. The van der Waals surface area contributed by atoms with Gasteiger partial charge in [0.1, 0.15) is 0 Å². The molecule has 0 spiro atoms. The maximum atomic E-state index is 3.36. The Hall–Kier alpha value is -0.227. The Kier molecular flexibility index (Phi) is 11.5. The molecule has 0 fully saturated rings. The van der Waals surface area contributed by atoms with Crippen molar-refractivity contribution < 1.29 is 51.0 Å². The Morgan fingerprint density at radius 2 is 1.59 bits per heavy atom. The molecular weight excluding hydrogens is 390 g/mol. The summed E-state index contributed by atoms with van der Waals surface area (Å²) in [7, 11) is 0. The van der Waals surface area contributed by atoms with E-state index in [-0.39, 0.29) is 51.0 Å². The molecule has 1 aliphatic rings. The van der Waals surface area contributed by atoms with E-state index in [0.29, 0.717) is 5.92 Å². The second-order valence-electron chi connectivity index (χ2n) is 5.46. The summed E-state index contributed by atoms with van der Waals surface area (Å²) in [5.41, 5.74) is 5.59. The van der Waals surface area contributed by atoms with Crippen molar-refractivity contribution in [3.63, 3.8) is 0 Å². The van der Waals surface area contributed by atoms with Crippen LogP contribution in [0.2, 0.25) is 0 Å². The maximum Gasteiger partial charge on any atom is 4.00 e. The van der Waals surface area contributed by atoms with Gasteiger partial charge in [0.05, 0.1) is 0 Å². The molecule has 3 rings (SSSR count). The van der Waals surface area contributed by atoms with Gasteiger partial charge in [-0.1, -0.05) is 39.7 Å². The molecule has 0 saturated carbocycles. The summed E-state index contributed by atoms with van der Waals surface area (Å²) in [6.45, 7) is 10.8. The van der Waals surface area contributed by atoms with E-state index in [1.54, 1.807) is 0 Å². The Balaban J connectivity index is 0. The van der Waals surface area contributed by atoms with Gasteiger partial charge in [-0.25, -0.2) is 5.57 Å². The first-order valence-corrected chi connectivity index (χ1v) is 6.89. The number of allylic oxidation sites excluding steroid dienone is 4. The molecule has 0 amide bonds. The molecule has 2 aromatic rings. The van der Waals surface area contributed by atoms with E-state index in [1.165, 1.54) is 33.1 Å². The molecule has 0 aliphatic heterocycles. The van der Waals surface area contributed by atoms with Gasteiger partial charge in [0.25, 0.3) is 0 Å². The predicted molar refractivity (Wildman–Crippen MR) is 84.2 cm³/mol. The second-order valence-corrected chi connectivity index (χ2v) is 5.46. The van der Waals surface area contributed by atoms with Gasteiger partial charge in [0.15, 0.2) is 0 Å². The summed E-state index contributed by atoms with van der Waals surface area (Å²) in [5.74, 6) is 0.560. The van der Waals surface area contributed by atoms with Crippen LogP contribution in [-0.2, 0) is 26.2 Å². The zero-order valence-corrected chi connectivity index (χ0v) is 17.8. The van der Waals surface area contributed by atoms with E-state index in [4.69, 9.17) is 0 Å². The zero-order valence-electron chi connectivity index (χ0n) is 13.8. The maximum absolute atomic E-state index is 3.36. The molecular formula is C19H22Cl2Zr. The molecule has 0 heterocycles. The minimum absolute atomic E-state index is 0. The van der Waals surface area contributed by atoms with Gasteiger partial charge in [0, 0.05) is 0 Å². The Morgan fingerprint density at radius 1 is 1.00 bits per heavy atom. The summed E-state index contributed by atoms with van der Waals surface area (Å²) in [6, 6.07) is 12.8. The van der Waals surface area contributed by atoms with Crippen LogP contribution in [0.15, 0.2) is 53.1 Å². The van der Waals surface area contributed by atoms with Crippen molar-refractivity contribution in [3.8, 4) is 0 Å². The fourth-order valence-corrected chi connectivity index (χ4v) is 2.47. The van der Waals surface area contributed by atoms with Gasteiger partial charge in [-0.2, -0.15) is 17.2 Å². The van der Waals surface area contributed by atoms with Crippen LogP contribution >= 0.6 is 0 Å². The average molecular weight is 413 g/mol. The van der Waals surface area contributed by atoms with E-state index >= 15 is 0 Å². The number of rotatable bonds is 0. The summed E-state index contributed by atoms with van der Waals surface area (Å²) in [5, 5.41) is 2.69. The molecule has 0 saturated heterocycles. The molecule has 0 bridgehead atoms. The molecule has 116 valence electrons. The van der Waals surface area contributed by atoms with Gasteiger partial charge in [0.2, 0.25) is 0 Å². The van der Waals surface area contributed by atoms with Crippen molar-refractivity contribution in [1.82, 2.24) is 0 Å². The van der Waals surface area contributed by atoms with Crippen molar-refractivity contribution in [1.29, 1.82) is 0 Å². The average Bonchev–Trinajstić information content (AvgIpc) is 2.86. The van der Waals surface area contributed by atoms with Crippen molar-refractivity contribution in [3.05, 3.63) is 64.8 Å². The van der Waals surface area contributed by atoms with Gasteiger partial charge in [-0.15, -0.1) is 47.5 Å². The van der Waals surface area contributed by atoms with Gasteiger partial charge < -0.3 is 24.8 Å². The molecule has 22 heavy (non-hydrogen) atoms. The number of hydrogen-bond donors (Lipinski definition) is 0. The first-order chi connectivity index (χ1) is 8.99. The molecule has 0 N–H and O–H groups in total. The quantitative estimate of drug-likeness (QED) is 0.517. The van der Waals surface area contributed by atoms with Crippen LogP contribution in [0.3, 0.4) is 0 Å². The normalized spacial score (nSPS) is 15.9. The summed E-state index contributed by atoms with van der Waals surface area (Å²) >= 11 is 0. The summed E-state index contributed by atoms with van der Waals surface area (Å²) < 4.78 is 0. The first kappa shape index (κ1) is 24.0. The molecule has 3 heteroatoms. The number of benzene rings is 1. The third-order valence-corrected chi connectivity index (χ3v) is 4.00. The summed E-state index contributed by atoms with van der Waals surface area (Å²) in [4.78, 5) is 0. The van der Waals surface area contributed by atoms with Gasteiger partial charge >= 0.3 is 26.2 Å². The standard InChI is InChI=1S/C10H9.C9H13.2ClH.Zr/c1-8-6-9-4-2-3-5-10(9)7-8;1-6-5-7(2)9(4)8(6)3;;;/h2-7H,1H3;6H,1-4H3;2*1H;/q2*-1;;;+4/p-2. The van der Waals surface area contributed by atoms with Crippen molar-refractivity contribution in [2.24, 2.45) is 5.92 Å². The van der Waals surface area contributed by atoms with Crippen LogP contribution in [0.1, 0.15) is 33.3 Å². The van der Waals surface area contributed by atoms with E-state index in [9.17, 15) is 0 Å². The molecule has 1 unspecified atom stereocenters. The smallest absolute Gasteiger partial charge is 1.00 e. The number of fused-ring (bicyclic) bond motifs is 1. The molecule has 2 aromatic carbocycles. The number of hydrogen-bond acceptors (Lipinski definition) is 0. The molecule has 0 nitrogen and oxygen atoms in total. The van der Waals surface area contributed by atoms with Gasteiger partial charge in [-0.3, -0.25) is 6.08 Å². The van der Waals surface area contributed by atoms with Gasteiger partial charge in [-0.05, 0) is 0 Å². The predicted octanol–water partition coefficient (Wildman–Crippen LogP) is -0.405. The fraction of sp³-hybridized carbons (Fsp3) is 0.316. The van der Waals surface area contributed by atoms with E-state index in [1.807, 2.05) is 0 Å². The Bertz CT molecular complexity index is 617. The molecule has 0 aromatic heterocycles. The van der Waals surface area contributed by atoms with Crippen molar-refractivity contribution in [2.45, 2.75) is 34.6 Å². The molecule has 1 aliphatic carbocycles.